The van der Waals surface area contributed by atoms with Crippen LogP contribution in [0.15, 0.2) is 48.5 Å². The molecule has 0 saturated heterocycles. The lowest BCUT2D eigenvalue weighted by atomic mass is 10.1. The molecule has 11 heteroatoms. The zero-order chi connectivity index (χ0) is 24.0. The number of nitrogens with zero attached hydrogens (tertiary/aromatic N) is 3. The Morgan fingerprint density at radius 2 is 1.48 bits per heavy atom. The number of ether oxygens (including phenoxy) is 3. The monoisotopic (exact) mass is 452 g/mol. The number of methoxy groups -OCH3 is 2. The van der Waals surface area contributed by atoms with Gasteiger partial charge >= 0.3 is 17.9 Å². The maximum Gasteiger partial charge on any atom is 0.361 e. The molecule has 0 spiro atoms. The fraction of sp³-hybridized carbons (Fsp3) is 0.182. The second kappa shape index (κ2) is 10.2. The number of hydrogen-bond acceptors (Lipinski definition) is 9. The van der Waals surface area contributed by atoms with E-state index in [0.717, 1.165) is 0 Å². The molecule has 1 aromatic heterocycles. The fourth-order valence-electron chi connectivity index (χ4n) is 2.81. The molecule has 1 amide bonds. The Morgan fingerprint density at radius 3 is 2.06 bits per heavy atom. The zero-order valence-electron chi connectivity index (χ0n) is 18.0. The van der Waals surface area contributed by atoms with Gasteiger partial charge in [0.05, 0.1) is 36.7 Å². The van der Waals surface area contributed by atoms with Crippen LogP contribution in [0.1, 0.15) is 36.9 Å². The highest BCUT2D eigenvalue weighted by atomic mass is 16.5. The minimum absolute atomic E-state index is 0.0286. The number of benzene rings is 2. The average molecular weight is 452 g/mol. The number of nitrogens with one attached hydrogen (secondary N) is 1. The first-order valence-electron chi connectivity index (χ1n) is 9.60. The van der Waals surface area contributed by atoms with E-state index < -0.39 is 30.4 Å². The van der Waals surface area contributed by atoms with Gasteiger partial charge in [-0.05, 0) is 37.3 Å². The molecular weight excluding hydrogens is 432 g/mol. The number of amides is 1. The van der Waals surface area contributed by atoms with Crippen LogP contribution in [0.3, 0.4) is 0 Å². The summed E-state index contributed by atoms with van der Waals surface area (Å²) in [6, 6.07) is 12.9. The Hall–Kier alpha value is -4.54. The molecule has 0 aliphatic carbocycles. The van der Waals surface area contributed by atoms with Gasteiger partial charge in [0, 0.05) is 5.69 Å². The number of aromatic nitrogens is 3. The smallest absolute Gasteiger partial charge is 0.361 e. The van der Waals surface area contributed by atoms with Crippen molar-refractivity contribution in [2.75, 3.05) is 26.1 Å². The number of hydrogen-bond donors (Lipinski definition) is 1. The third-order valence-electron chi connectivity index (χ3n) is 4.36. The average Bonchev–Trinajstić information content (AvgIpc) is 3.23. The van der Waals surface area contributed by atoms with Crippen LogP contribution in [0, 0.1) is 6.92 Å². The molecule has 1 heterocycles. The number of carbonyl (C=O) groups excluding carboxylic acids is 4. The quantitative estimate of drug-likeness (QED) is 0.421. The summed E-state index contributed by atoms with van der Waals surface area (Å²) >= 11 is 0. The number of para-hydroxylation sites is 1. The summed E-state index contributed by atoms with van der Waals surface area (Å²) in [4.78, 5) is 49.7. The van der Waals surface area contributed by atoms with Gasteiger partial charge in [-0.15, -0.1) is 5.10 Å². The third kappa shape index (κ3) is 5.58. The number of anilines is 1. The van der Waals surface area contributed by atoms with Crippen LogP contribution < -0.4 is 5.32 Å². The van der Waals surface area contributed by atoms with Crippen molar-refractivity contribution in [3.8, 4) is 5.69 Å². The van der Waals surface area contributed by atoms with E-state index in [2.05, 4.69) is 25.0 Å². The molecule has 3 aromatic rings. The molecule has 0 aliphatic rings. The molecule has 170 valence electrons. The van der Waals surface area contributed by atoms with Crippen molar-refractivity contribution >= 4 is 29.5 Å². The third-order valence-corrected chi connectivity index (χ3v) is 4.36. The highest BCUT2D eigenvalue weighted by Gasteiger charge is 2.20. The van der Waals surface area contributed by atoms with Gasteiger partial charge in [0.2, 0.25) is 0 Å². The van der Waals surface area contributed by atoms with E-state index in [1.165, 1.54) is 37.2 Å². The molecule has 0 bridgehead atoms. The standard InChI is InChI=1S/C22H20N4O7/c1-13-19(25-26(24-13)17-7-5-4-6-8-17)22(30)33-12-18(27)23-16-10-14(20(28)31-2)9-15(11-16)21(29)32-3/h4-11H,12H2,1-3H3,(H,23,27). The summed E-state index contributed by atoms with van der Waals surface area (Å²) in [6.45, 7) is 0.961. The summed E-state index contributed by atoms with van der Waals surface area (Å²) < 4.78 is 14.3. The maximum absolute atomic E-state index is 12.4. The van der Waals surface area contributed by atoms with Crippen LogP contribution in [-0.2, 0) is 19.0 Å². The Labute approximate surface area is 188 Å². The van der Waals surface area contributed by atoms with E-state index in [9.17, 15) is 19.2 Å². The summed E-state index contributed by atoms with van der Waals surface area (Å²) in [6.07, 6.45) is 0. The number of rotatable bonds is 7. The molecular formula is C22H20N4O7. The van der Waals surface area contributed by atoms with Gasteiger partial charge in [0.15, 0.2) is 12.3 Å². The van der Waals surface area contributed by atoms with E-state index in [-0.39, 0.29) is 22.5 Å². The molecule has 11 nitrogen and oxygen atoms in total. The minimum atomic E-state index is -0.830. The normalized spacial score (nSPS) is 10.3. The fourth-order valence-corrected chi connectivity index (χ4v) is 2.81. The van der Waals surface area contributed by atoms with Gasteiger partial charge in [-0.2, -0.15) is 9.90 Å². The SMILES string of the molecule is COC(=O)c1cc(NC(=O)COC(=O)c2nn(-c3ccccc3)nc2C)cc(C(=O)OC)c1. The topological polar surface area (TPSA) is 139 Å². The minimum Gasteiger partial charge on any atom is -0.465 e. The summed E-state index contributed by atoms with van der Waals surface area (Å²) in [5, 5.41) is 10.8. The van der Waals surface area contributed by atoms with Crippen LogP contribution >= 0.6 is 0 Å². The van der Waals surface area contributed by atoms with Gasteiger partial charge in [-0.25, -0.2) is 14.4 Å². The Kier molecular flexibility index (Phi) is 7.13. The Morgan fingerprint density at radius 1 is 0.879 bits per heavy atom. The van der Waals surface area contributed by atoms with Gasteiger partial charge in [0.1, 0.15) is 0 Å². The van der Waals surface area contributed by atoms with Crippen molar-refractivity contribution in [1.82, 2.24) is 15.0 Å². The summed E-state index contributed by atoms with van der Waals surface area (Å²) in [5.74, 6) is -2.95. The predicted molar refractivity (Wildman–Crippen MR) is 114 cm³/mol. The number of carbonyl (C=O) groups is 4. The van der Waals surface area contributed by atoms with Crippen LogP contribution in [0.2, 0.25) is 0 Å². The van der Waals surface area contributed by atoms with E-state index in [1.54, 1.807) is 31.2 Å². The van der Waals surface area contributed by atoms with Crippen LogP contribution in [-0.4, -0.2) is 59.6 Å². The molecule has 0 saturated carbocycles. The summed E-state index contributed by atoms with van der Waals surface area (Å²) in [5.41, 5.74) is 1.13. The van der Waals surface area contributed by atoms with Crippen LogP contribution in [0.4, 0.5) is 5.69 Å². The van der Waals surface area contributed by atoms with Crippen molar-refractivity contribution in [3.05, 3.63) is 71.0 Å². The van der Waals surface area contributed by atoms with Crippen molar-refractivity contribution in [2.45, 2.75) is 6.92 Å². The van der Waals surface area contributed by atoms with E-state index in [1.807, 2.05) is 6.07 Å². The predicted octanol–water partition coefficient (Wildman–Crippen LogP) is 1.94. The van der Waals surface area contributed by atoms with Gasteiger partial charge < -0.3 is 19.5 Å². The van der Waals surface area contributed by atoms with Crippen LogP contribution in [0.5, 0.6) is 0 Å². The van der Waals surface area contributed by atoms with E-state index >= 15 is 0 Å². The highest BCUT2D eigenvalue weighted by Crippen LogP contribution is 2.17. The molecule has 2 aromatic carbocycles. The second-order valence-electron chi connectivity index (χ2n) is 6.67. The molecule has 1 N–H and O–H groups in total. The highest BCUT2D eigenvalue weighted by molar-refractivity contribution is 6.00. The van der Waals surface area contributed by atoms with Crippen molar-refractivity contribution in [3.63, 3.8) is 0 Å². The Bertz CT molecular complexity index is 1170. The second-order valence-corrected chi connectivity index (χ2v) is 6.67. The Balaban J connectivity index is 1.68. The van der Waals surface area contributed by atoms with E-state index in [0.29, 0.717) is 11.4 Å². The van der Waals surface area contributed by atoms with Gasteiger partial charge in [0.25, 0.3) is 5.91 Å². The molecule has 0 fully saturated rings. The lowest BCUT2D eigenvalue weighted by molar-refractivity contribution is -0.119. The van der Waals surface area contributed by atoms with Gasteiger partial charge in [-0.1, -0.05) is 18.2 Å². The van der Waals surface area contributed by atoms with Crippen molar-refractivity contribution in [1.29, 1.82) is 0 Å². The molecule has 0 radical (unpaired) electrons. The molecule has 3 rings (SSSR count). The van der Waals surface area contributed by atoms with E-state index in [4.69, 9.17) is 4.74 Å². The number of esters is 3. The van der Waals surface area contributed by atoms with Crippen molar-refractivity contribution in [2.24, 2.45) is 0 Å². The molecule has 0 unspecified atom stereocenters. The summed E-state index contributed by atoms with van der Waals surface area (Å²) in [7, 11) is 2.36. The lowest BCUT2D eigenvalue weighted by Gasteiger charge is -2.09. The lowest BCUT2D eigenvalue weighted by Crippen LogP contribution is -2.22. The molecule has 33 heavy (non-hydrogen) atoms. The maximum atomic E-state index is 12.4. The van der Waals surface area contributed by atoms with Crippen LogP contribution in [0.25, 0.3) is 5.69 Å². The van der Waals surface area contributed by atoms with Crippen molar-refractivity contribution < 1.29 is 33.4 Å². The largest absolute Gasteiger partial charge is 0.465 e. The molecule has 0 atom stereocenters. The number of aryl methyl sites for hydroxylation is 1. The molecule has 0 aliphatic heterocycles. The first-order chi connectivity index (χ1) is 15.8. The zero-order valence-corrected chi connectivity index (χ0v) is 18.0. The first-order valence-corrected chi connectivity index (χ1v) is 9.60. The first kappa shape index (κ1) is 23.1. The van der Waals surface area contributed by atoms with Gasteiger partial charge in [-0.3, -0.25) is 4.79 Å².